The maximum absolute atomic E-state index is 11.9. The zero-order valence-electron chi connectivity index (χ0n) is 24.4. The summed E-state index contributed by atoms with van der Waals surface area (Å²) < 4.78 is 11.6. The number of ether oxygens (including phenoxy) is 2. The molecule has 0 spiro atoms. The molecule has 2 aliphatic rings. The van der Waals surface area contributed by atoms with Crippen LogP contribution < -0.4 is 0 Å². The molecule has 2 N–H and O–H groups in total. The zero-order valence-corrected chi connectivity index (χ0v) is 24.4. The van der Waals surface area contributed by atoms with Gasteiger partial charge in [-0.2, -0.15) is 0 Å². The third kappa shape index (κ3) is 14.1. The molecule has 0 aromatic heterocycles. The molecule has 2 aliphatic heterocycles. The first-order valence-electron chi connectivity index (χ1n) is 16.0. The minimum atomic E-state index is -1.10. The summed E-state index contributed by atoms with van der Waals surface area (Å²) in [7, 11) is 0. The van der Waals surface area contributed by atoms with E-state index >= 15 is 0 Å². The lowest BCUT2D eigenvalue weighted by molar-refractivity contribution is -0.136. The molecular formula is C32H56O6. The molecule has 6 heteroatoms. The van der Waals surface area contributed by atoms with E-state index < -0.39 is 11.9 Å². The number of hydrogen-bond acceptors (Lipinski definition) is 4. The van der Waals surface area contributed by atoms with Crippen LogP contribution in [0.2, 0.25) is 0 Å². The van der Waals surface area contributed by atoms with Gasteiger partial charge in [0.25, 0.3) is 0 Å². The summed E-state index contributed by atoms with van der Waals surface area (Å²) in [5, 5.41) is 19.4. The van der Waals surface area contributed by atoms with Crippen LogP contribution in [0.5, 0.6) is 0 Å². The van der Waals surface area contributed by atoms with Crippen molar-refractivity contribution in [1.82, 2.24) is 0 Å². The van der Waals surface area contributed by atoms with Crippen LogP contribution in [0.3, 0.4) is 0 Å². The zero-order chi connectivity index (χ0) is 27.6. The standard InChI is InChI=1S/C32H56O6/c1-3-5-7-9-11-13-15-21-27-29(37-27)23-17-19-25(31(33)34)26(32(35)36)20-18-24-30-28(38-30)22-16-14-12-10-8-6-4-2/h27-30H,3-24H2,1-2H3,(H,33,34)(H,35,36). The lowest BCUT2D eigenvalue weighted by Gasteiger charge is -2.09. The summed E-state index contributed by atoms with van der Waals surface area (Å²) >= 11 is 0. The fourth-order valence-electron chi connectivity index (χ4n) is 5.71. The maximum atomic E-state index is 11.9. The Morgan fingerprint density at radius 3 is 1.08 bits per heavy atom. The number of epoxide rings is 2. The highest BCUT2D eigenvalue weighted by molar-refractivity contribution is 5.98. The maximum Gasteiger partial charge on any atom is 0.332 e. The molecule has 0 aromatic rings. The number of unbranched alkanes of at least 4 members (excludes halogenated alkanes) is 12. The first-order valence-corrected chi connectivity index (χ1v) is 16.0. The van der Waals surface area contributed by atoms with Crippen molar-refractivity contribution in [3.8, 4) is 0 Å². The lowest BCUT2D eigenvalue weighted by Crippen LogP contribution is -2.12. The smallest absolute Gasteiger partial charge is 0.332 e. The van der Waals surface area contributed by atoms with Crippen LogP contribution in [0.15, 0.2) is 11.1 Å². The molecule has 220 valence electrons. The van der Waals surface area contributed by atoms with Gasteiger partial charge in [-0.25, -0.2) is 9.59 Å². The summed E-state index contributed by atoms with van der Waals surface area (Å²) in [4.78, 5) is 23.8. The van der Waals surface area contributed by atoms with E-state index in [1.54, 1.807) is 0 Å². The predicted octanol–water partition coefficient (Wildman–Crippen LogP) is 8.61. The highest BCUT2D eigenvalue weighted by Crippen LogP contribution is 2.34. The van der Waals surface area contributed by atoms with Gasteiger partial charge in [0.2, 0.25) is 0 Å². The van der Waals surface area contributed by atoms with Gasteiger partial charge in [0.1, 0.15) is 0 Å². The van der Waals surface area contributed by atoms with Crippen LogP contribution in [0, 0.1) is 0 Å². The average Bonchev–Trinajstić information content (AvgIpc) is 3.81. The molecule has 0 radical (unpaired) electrons. The van der Waals surface area contributed by atoms with E-state index in [-0.39, 0.29) is 23.4 Å². The molecule has 4 unspecified atom stereocenters. The van der Waals surface area contributed by atoms with E-state index in [0.717, 1.165) is 25.7 Å². The van der Waals surface area contributed by atoms with E-state index in [4.69, 9.17) is 9.47 Å². The number of aliphatic carboxylic acids is 2. The van der Waals surface area contributed by atoms with E-state index in [9.17, 15) is 19.8 Å². The number of hydrogen-bond donors (Lipinski definition) is 2. The van der Waals surface area contributed by atoms with Crippen molar-refractivity contribution >= 4 is 11.9 Å². The van der Waals surface area contributed by atoms with Crippen molar-refractivity contribution in [2.24, 2.45) is 0 Å². The molecule has 0 aliphatic carbocycles. The lowest BCUT2D eigenvalue weighted by atomic mass is 9.96. The van der Waals surface area contributed by atoms with Crippen molar-refractivity contribution < 1.29 is 29.3 Å². The fourth-order valence-corrected chi connectivity index (χ4v) is 5.71. The first-order chi connectivity index (χ1) is 18.5. The molecule has 0 bridgehead atoms. The molecule has 4 atom stereocenters. The number of carbonyl (C=O) groups is 2. The van der Waals surface area contributed by atoms with E-state index in [2.05, 4.69) is 13.8 Å². The largest absolute Gasteiger partial charge is 0.478 e. The second kappa shape index (κ2) is 19.6. The molecule has 0 saturated carbocycles. The van der Waals surface area contributed by atoms with Crippen molar-refractivity contribution in [2.45, 2.75) is 180 Å². The van der Waals surface area contributed by atoms with E-state index in [1.807, 2.05) is 0 Å². The van der Waals surface area contributed by atoms with Gasteiger partial charge >= 0.3 is 11.9 Å². The van der Waals surface area contributed by atoms with Crippen LogP contribution in [0.4, 0.5) is 0 Å². The Kier molecular flexibility index (Phi) is 16.9. The quantitative estimate of drug-likeness (QED) is 0.0652. The number of carboxylic acids is 2. The Morgan fingerprint density at radius 1 is 0.474 bits per heavy atom. The topological polar surface area (TPSA) is 99.7 Å². The molecule has 0 aromatic carbocycles. The van der Waals surface area contributed by atoms with Crippen LogP contribution in [-0.2, 0) is 19.1 Å². The summed E-state index contributed by atoms with van der Waals surface area (Å²) in [6.45, 7) is 4.47. The van der Waals surface area contributed by atoms with Crippen molar-refractivity contribution in [3.63, 3.8) is 0 Å². The van der Waals surface area contributed by atoms with Gasteiger partial charge in [0, 0.05) is 11.1 Å². The number of carboxylic acid groups (broad SMARTS) is 2. The Hall–Kier alpha value is -1.40. The second-order valence-corrected chi connectivity index (χ2v) is 11.6. The van der Waals surface area contributed by atoms with Crippen LogP contribution in [-0.4, -0.2) is 46.6 Å². The molecular weight excluding hydrogens is 480 g/mol. The third-order valence-electron chi connectivity index (χ3n) is 8.27. The van der Waals surface area contributed by atoms with Crippen molar-refractivity contribution in [1.29, 1.82) is 0 Å². The normalized spacial score (nSPS) is 22.8. The molecule has 2 fully saturated rings. The summed E-state index contributed by atoms with van der Waals surface area (Å²) in [5.74, 6) is -2.20. The number of rotatable bonds is 26. The molecule has 38 heavy (non-hydrogen) atoms. The van der Waals surface area contributed by atoms with Gasteiger partial charge in [-0.1, -0.05) is 104 Å². The minimum absolute atomic E-state index is 0.0677. The third-order valence-corrected chi connectivity index (χ3v) is 8.27. The monoisotopic (exact) mass is 536 g/mol. The Bertz CT molecular complexity index is 644. The predicted molar refractivity (Wildman–Crippen MR) is 153 cm³/mol. The highest BCUT2D eigenvalue weighted by Gasteiger charge is 2.38. The van der Waals surface area contributed by atoms with Crippen molar-refractivity contribution in [2.75, 3.05) is 0 Å². The van der Waals surface area contributed by atoms with E-state index in [0.29, 0.717) is 37.9 Å². The first kappa shape index (κ1) is 32.8. The van der Waals surface area contributed by atoms with E-state index in [1.165, 1.54) is 89.9 Å². The van der Waals surface area contributed by atoms with Crippen LogP contribution in [0.1, 0.15) is 155 Å². The molecule has 2 heterocycles. The summed E-state index contributed by atoms with van der Waals surface area (Å²) in [6, 6.07) is 0. The van der Waals surface area contributed by atoms with Crippen LogP contribution in [0.25, 0.3) is 0 Å². The van der Waals surface area contributed by atoms with Crippen molar-refractivity contribution in [3.05, 3.63) is 11.1 Å². The molecule has 2 saturated heterocycles. The van der Waals surface area contributed by atoms with Gasteiger partial charge in [-0.3, -0.25) is 0 Å². The van der Waals surface area contributed by atoms with Gasteiger partial charge in [0.05, 0.1) is 24.4 Å². The fraction of sp³-hybridized carbons (Fsp3) is 0.875. The Balaban J connectivity index is 1.59. The molecule has 6 nitrogen and oxygen atoms in total. The van der Waals surface area contributed by atoms with Gasteiger partial charge in [0.15, 0.2) is 0 Å². The summed E-state index contributed by atoms with van der Waals surface area (Å²) in [6.07, 6.45) is 24.8. The Morgan fingerprint density at radius 2 is 0.763 bits per heavy atom. The SMILES string of the molecule is CCCCCCCCCC1OC1CCCC(C(=O)O)=C(CCCC1OC1CCCCCCCCC)C(=O)O. The molecule has 0 amide bonds. The second-order valence-electron chi connectivity index (χ2n) is 11.6. The van der Waals surface area contributed by atoms with Crippen LogP contribution >= 0.6 is 0 Å². The highest BCUT2D eigenvalue weighted by atomic mass is 16.6. The van der Waals surface area contributed by atoms with Gasteiger partial charge in [-0.15, -0.1) is 0 Å². The average molecular weight is 537 g/mol. The summed E-state index contributed by atoms with van der Waals surface area (Å²) in [5.41, 5.74) is 0.135. The Labute approximate surface area is 231 Å². The van der Waals surface area contributed by atoms with Gasteiger partial charge < -0.3 is 19.7 Å². The minimum Gasteiger partial charge on any atom is -0.478 e. The van der Waals surface area contributed by atoms with Gasteiger partial charge in [-0.05, 0) is 51.4 Å². The molecule has 2 rings (SSSR count).